The Hall–Kier alpha value is -4.50. The lowest BCUT2D eigenvalue weighted by atomic mass is 9.91. The number of hydrogen-bond acceptors (Lipinski definition) is 8. The standard InChI is InChI=1S/C23H36N6O5S.C10H10N2O/c1-14-8-10-29(18(12-14)22(31)32)21(30)17(6-4-9-26-23(24)25)28-35(33,34)19-7-3-5-16-11-15(2)13-27-20(16)19;1-8-7-10(13)12(11-8)9-5-3-2-4-6-9/h3,5,7,14-15,17-18,27-28H,4,6,8-13H2,1-2H3,(H,31,32)(H4,24,25,26);2-6H,7H2,1H3/t14-,15?,17+,18-;/m1./s1. The number of guanidine groups is 1. The third-order valence-electron chi connectivity index (χ3n) is 8.49. The molecule has 0 spiro atoms. The van der Waals surface area contributed by atoms with Gasteiger partial charge in [-0.3, -0.25) is 14.6 Å². The number of hydrazone groups is 1. The van der Waals surface area contributed by atoms with E-state index in [4.69, 9.17) is 11.5 Å². The minimum atomic E-state index is -4.10. The van der Waals surface area contributed by atoms with Crippen LogP contribution in [0.15, 0.2) is 63.5 Å². The van der Waals surface area contributed by atoms with Gasteiger partial charge < -0.3 is 26.8 Å². The van der Waals surface area contributed by atoms with Gasteiger partial charge in [0.1, 0.15) is 17.0 Å². The number of piperidine rings is 1. The molecule has 3 aliphatic rings. The molecule has 15 heteroatoms. The van der Waals surface area contributed by atoms with E-state index in [0.29, 0.717) is 43.8 Å². The average molecular weight is 683 g/mol. The van der Waals surface area contributed by atoms with E-state index < -0.39 is 34.0 Å². The summed E-state index contributed by atoms with van der Waals surface area (Å²) < 4.78 is 29.5. The molecule has 0 aromatic heterocycles. The Labute approximate surface area is 281 Å². The fourth-order valence-electron chi connectivity index (χ4n) is 6.05. The van der Waals surface area contributed by atoms with E-state index in [1.807, 2.05) is 50.2 Å². The van der Waals surface area contributed by atoms with Crippen LogP contribution in [0.5, 0.6) is 0 Å². The highest BCUT2D eigenvalue weighted by Gasteiger charge is 2.39. The fourth-order valence-corrected chi connectivity index (χ4v) is 7.50. The number of anilines is 2. The normalized spacial score (nSPS) is 21.2. The van der Waals surface area contributed by atoms with Gasteiger partial charge in [-0.25, -0.2) is 18.2 Å². The Kier molecular flexibility index (Phi) is 12.2. The van der Waals surface area contributed by atoms with Gasteiger partial charge in [0.05, 0.1) is 17.8 Å². The van der Waals surface area contributed by atoms with Gasteiger partial charge in [-0.15, -0.1) is 0 Å². The van der Waals surface area contributed by atoms with Crippen molar-refractivity contribution in [1.29, 1.82) is 0 Å². The van der Waals surface area contributed by atoms with Crippen molar-refractivity contribution in [3.63, 3.8) is 0 Å². The molecule has 2 aromatic carbocycles. The minimum absolute atomic E-state index is 0.0451. The fraction of sp³-hybridized carbons (Fsp3) is 0.485. The molecule has 3 heterocycles. The monoisotopic (exact) mass is 682 g/mol. The maximum absolute atomic E-state index is 13.5. The van der Waals surface area contributed by atoms with E-state index in [-0.39, 0.29) is 42.2 Å². The summed E-state index contributed by atoms with van der Waals surface area (Å²) in [7, 11) is -4.10. The van der Waals surface area contributed by atoms with Crippen molar-refractivity contribution in [2.45, 2.75) is 76.3 Å². The molecular weight excluding hydrogens is 636 g/mol. The lowest BCUT2D eigenvalue weighted by Gasteiger charge is -2.38. The van der Waals surface area contributed by atoms with Crippen LogP contribution in [0.1, 0.15) is 58.4 Å². The molecule has 4 atom stereocenters. The number of carbonyl (C=O) groups is 3. The first-order chi connectivity index (χ1) is 22.8. The van der Waals surface area contributed by atoms with Crippen molar-refractivity contribution in [2.75, 3.05) is 30.0 Å². The van der Waals surface area contributed by atoms with Gasteiger partial charge in [0.25, 0.3) is 5.91 Å². The number of nitrogens with zero attached hydrogens (tertiary/aromatic N) is 4. The molecule has 0 bridgehead atoms. The number of sulfonamides is 1. The molecule has 5 rings (SSSR count). The molecule has 0 radical (unpaired) electrons. The third kappa shape index (κ3) is 9.31. The summed E-state index contributed by atoms with van der Waals surface area (Å²) in [6, 6.07) is 12.4. The molecule has 2 amide bonds. The number of carboxylic acid groups (broad SMARTS) is 1. The zero-order chi connectivity index (χ0) is 35.0. The number of nitrogens with two attached hydrogens (primary N) is 2. The molecule has 260 valence electrons. The van der Waals surface area contributed by atoms with Crippen LogP contribution in [0, 0.1) is 11.8 Å². The first-order valence-corrected chi connectivity index (χ1v) is 17.6. The number of para-hydroxylation sites is 2. The molecule has 1 fully saturated rings. The van der Waals surface area contributed by atoms with Crippen molar-refractivity contribution in [1.82, 2.24) is 9.62 Å². The zero-order valence-electron chi connectivity index (χ0n) is 27.6. The average Bonchev–Trinajstić information content (AvgIpc) is 3.39. The lowest BCUT2D eigenvalue weighted by Crippen LogP contribution is -2.56. The van der Waals surface area contributed by atoms with Gasteiger partial charge >= 0.3 is 5.97 Å². The summed E-state index contributed by atoms with van der Waals surface area (Å²) in [6.07, 6.45) is 2.61. The van der Waals surface area contributed by atoms with Gasteiger partial charge in [-0.05, 0) is 74.6 Å². The van der Waals surface area contributed by atoms with E-state index in [1.54, 1.807) is 6.07 Å². The first-order valence-electron chi connectivity index (χ1n) is 16.2. The van der Waals surface area contributed by atoms with E-state index in [2.05, 4.69) is 27.1 Å². The number of nitrogens with one attached hydrogen (secondary N) is 2. The van der Waals surface area contributed by atoms with Crippen molar-refractivity contribution in [3.05, 3.63) is 54.1 Å². The molecule has 1 saturated heterocycles. The second-order valence-corrected chi connectivity index (χ2v) is 14.4. The molecule has 48 heavy (non-hydrogen) atoms. The molecular formula is C33H46N8O6S. The third-order valence-corrected chi connectivity index (χ3v) is 10.0. The van der Waals surface area contributed by atoms with Crippen LogP contribution in [0.3, 0.4) is 0 Å². The highest BCUT2D eigenvalue weighted by molar-refractivity contribution is 7.89. The maximum Gasteiger partial charge on any atom is 0.326 e. The van der Waals surface area contributed by atoms with Crippen LogP contribution in [-0.4, -0.2) is 79.6 Å². The van der Waals surface area contributed by atoms with Gasteiger partial charge in [0.15, 0.2) is 5.96 Å². The van der Waals surface area contributed by atoms with E-state index in [1.165, 1.54) is 16.0 Å². The largest absolute Gasteiger partial charge is 0.480 e. The Bertz CT molecular complexity index is 1640. The van der Waals surface area contributed by atoms with Crippen LogP contribution in [0.4, 0.5) is 11.4 Å². The van der Waals surface area contributed by atoms with Crippen LogP contribution >= 0.6 is 0 Å². The van der Waals surface area contributed by atoms with Crippen LogP contribution in [0.2, 0.25) is 0 Å². The number of aliphatic carboxylic acids is 1. The highest BCUT2D eigenvalue weighted by atomic mass is 32.2. The number of carboxylic acids is 1. The number of benzene rings is 2. The molecule has 3 aliphatic heterocycles. The number of rotatable bonds is 10. The molecule has 14 nitrogen and oxygen atoms in total. The molecule has 0 saturated carbocycles. The number of likely N-dealkylation sites (tertiary alicyclic amines) is 1. The predicted octanol–water partition coefficient (Wildman–Crippen LogP) is 2.50. The topological polar surface area (TPSA) is 213 Å². The van der Waals surface area contributed by atoms with Gasteiger partial charge in [0, 0.05) is 25.3 Å². The number of hydrogen-bond donors (Lipinski definition) is 5. The van der Waals surface area contributed by atoms with Crippen molar-refractivity contribution < 1.29 is 27.9 Å². The molecule has 1 unspecified atom stereocenters. The Balaban J connectivity index is 0.000000331. The lowest BCUT2D eigenvalue weighted by molar-refractivity contribution is -0.153. The SMILES string of the molecule is CC1=NN(c2ccccc2)C(=O)C1.CC1CNc2c(cccc2S(=O)(=O)N[C@@H](CCCN=C(N)N)C(=O)N2CC[C@@H](C)C[C@@H]2C(=O)O)C1. The van der Waals surface area contributed by atoms with Crippen molar-refractivity contribution >= 4 is 50.9 Å². The number of aliphatic imine (C=N–C) groups is 1. The van der Waals surface area contributed by atoms with Gasteiger partial charge in [-0.1, -0.05) is 44.2 Å². The minimum Gasteiger partial charge on any atom is -0.480 e. The van der Waals surface area contributed by atoms with E-state index >= 15 is 0 Å². The smallest absolute Gasteiger partial charge is 0.326 e. The zero-order valence-corrected chi connectivity index (χ0v) is 28.4. The predicted molar refractivity (Wildman–Crippen MR) is 185 cm³/mol. The Morgan fingerprint density at radius 1 is 1.12 bits per heavy atom. The summed E-state index contributed by atoms with van der Waals surface area (Å²) in [5.41, 5.74) is 13.9. The summed E-state index contributed by atoms with van der Waals surface area (Å²) >= 11 is 0. The summed E-state index contributed by atoms with van der Waals surface area (Å²) in [5.74, 6) is -1.18. The van der Waals surface area contributed by atoms with Crippen LogP contribution in [0.25, 0.3) is 0 Å². The second kappa shape index (κ2) is 16.1. The Morgan fingerprint density at radius 2 is 1.85 bits per heavy atom. The van der Waals surface area contributed by atoms with Gasteiger partial charge in [0.2, 0.25) is 15.9 Å². The molecule has 7 N–H and O–H groups in total. The van der Waals surface area contributed by atoms with E-state index in [0.717, 1.165) is 23.4 Å². The quantitative estimate of drug-likeness (QED) is 0.141. The van der Waals surface area contributed by atoms with Crippen LogP contribution in [-0.2, 0) is 30.8 Å². The summed E-state index contributed by atoms with van der Waals surface area (Å²) in [6.45, 7) is 7.00. The molecule has 0 aliphatic carbocycles. The summed E-state index contributed by atoms with van der Waals surface area (Å²) in [4.78, 5) is 42.1. The number of fused-ring (bicyclic) bond motifs is 1. The van der Waals surface area contributed by atoms with Crippen LogP contribution < -0.4 is 26.5 Å². The second-order valence-electron chi connectivity index (χ2n) is 12.7. The number of amides is 2. The molecule has 2 aromatic rings. The van der Waals surface area contributed by atoms with E-state index in [9.17, 15) is 27.9 Å². The van der Waals surface area contributed by atoms with Gasteiger partial charge in [-0.2, -0.15) is 9.82 Å². The Morgan fingerprint density at radius 3 is 2.50 bits per heavy atom. The van der Waals surface area contributed by atoms with Crippen molar-refractivity contribution in [2.24, 2.45) is 33.4 Å². The maximum atomic E-state index is 13.5. The highest BCUT2D eigenvalue weighted by Crippen LogP contribution is 2.32. The number of carbonyl (C=O) groups excluding carboxylic acids is 2. The first kappa shape index (κ1) is 36.3. The van der Waals surface area contributed by atoms with Crippen molar-refractivity contribution in [3.8, 4) is 0 Å². The summed E-state index contributed by atoms with van der Waals surface area (Å²) in [5, 5.41) is 18.5.